The number of rotatable bonds is 7. The predicted molar refractivity (Wildman–Crippen MR) is 98.6 cm³/mol. The van der Waals surface area contributed by atoms with Crippen LogP contribution in [0.1, 0.15) is 25.5 Å². The molecule has 122 valence electrons. The second-order valence-electron chi connectivity index (χ2n) is 5.50. The molecule has 0 amide bonds. The van der Waals surface area contributed by atoms with Crippen molar-refractivity contribution >= 4 is 16.7 Å². The molecule has 0 atom stereocenters. The minimum Gasteiger partial charge on any atom is -0.357 e. The molecule has 0 saturated carbocycles. The van der Waals surface area contributed by atoms with Crippen LogP contribution in [0.4, 0.5) is 0 Å². The van der Waals surface area contributed by atoms with Gasteiger partial charge in [-0.2, -0.15) is 0 Å². The summed E-state index contributed by atoms with van der Waals surface area (Å²) < 4.78 is 0. The summed E-state index contributed by atoms with van der Waals surface area (Å²) in [6.45, 7) is 8.25. The number of aromatic nitrogens is 1. The first-order valence-electron chi connectivity index (χ1n) is 8.19. The molecule has 0 radical (unpaired) electrons. The molecule has 0 aliphatic carbocycles. The molecule has 1 heterocycles. The van der Waals surface area contributed by atoms with E-state index in [1.807, 2.05) is 30.5 Å². The Labute approximate surface area is 138 Å². The molecular formula is C19H26N4. The zero-order valence-corrected chi connectivity index (χ0v) is 14.1. The Balaban J connectivity index is 2.14. The Morgan fingerprint density at radius 3 is 2.96 bits per heavy atom. The van der Waals surface area contributed by atoms with Crippen LogP contribution < -0.4 is 5.32 Å². The number of aliphatic imine (C=N–C) groups is 1. The topological polar surface area (TPSA) is 40.5 Å². The van der Waals surface area contributed by atoms with Gasteiger partial charge in [-0.15, -0.1) is 6.58 Å². The van der Waals surface area contributed by atoms with Gasteiger partial charge in [-0.1, -0.05) is 30.3 Å². The van der Waals surface area contributed by atoms with Gasteiger partial charge in [-0.25, -0.2) is 4.99 Å². The van der Waals surface area contributed by atoms with Gasteiger partial charge < -0.3 is 10.2 Å². The van der Waals surface area contributed by atoms with Crippen molar-refractivity contribution in [3.63, 3.8) is 0 Å². The van der Waals surface area contributed by atoms with E-state index in [9.17, 15) is 0 Å². The Kier molecular flexibility index (Phi) is 6.60. The van der Waals surface area contributed by atoms with Gasteiger partial charge in [0.05, 0.1) is 12.2 Å². The monoisotopic (exact) mass is 310 g/mol. The molecule has 2 rings (SSSR count). The lowest BCUT2D eigenvalue weighted by Gasteiger charge is -2.21. The SMILES string of the molecule is C=CCCCN(C)C(=NCc1nccc2ccccc12)NCC. The molecule has 0 saturated heterocycles. The zero-order chi connectivity index (χ0) is 16.5. The van der Waals surface area contributed by atoms with E-state index in [1.54, 1.807) is 0 Å². The van der Waals surface area contributed by atoms with Crippen LogP contribution in [-0.2, 0) is 6.54 Å². The quantitative estimate of drug-likeness (QED) is 0.368. The fourth-order valence-electron chi connectivity index (χ4n) is 2.51. The van der Waals surface area contributed by atoms with E-state index in [0.717, 1.165) is 37.6 Å². The molecule has 0 unspecified atom stereocenters. The number of allylic oxidation sites excluding steroid dienone is 1. The second kappa shape index (κ2) is 8.93. The average molecular weight is 310 g/mol. The fraction of sp³-hybridized carbons (Fsp3) is 0.368. The van der Waals surface area contributed by atoms with E-state index in [2.05, 4.69) is 47.9 Å². The van der Waals surface area contributed by atoms with Crippen LogP contribution in [0.3, 0.4) is 0 Å². The molecule has 0 aliphatic rings. The molecule has 0 bridgehead atoms. The molecule has 1 aromatic carbocycles. The number of unbranched alkanes of at least 4 members (excludes halogenated alkanes) is 1. The fourth-order valence-corrected chi connectivity index (χ4v) is 2.51. The number of hydrogen-bond acceptors (Lipinski definition) is 2. The summed E-state index contributed by atoms with van der Waals surface area (Å²) in [7, 11) is 2.07. The third kappa shape index (κ3) is 4.81. The van der Waals surface area contributed by atoms with E-state index >= 15 is 0 Å². The molecule has 23 heavy (non-hydrogen) atoms. The van der Waals surface area contributed by atoms with E-state index in [1.165, 1.54) is 10.8 Å². The Bertz CT molecular complexity index is 658. The van der Waals surface area contributed by atoms with Crippen LogP contribution in [0, 0.1) is 0 Å². The molecule has 0 fully saturated rings. The highest BCUT2D eigenvalue weighted by Crippen LogP contribution is 2.16. The third-order valence-corrected chi connectivity index (χ3v) is 3.73. The van der Waals surface area contributed by atoms with Gasteiger partial charge in [0, 0.05) is 31.7 Å². The minimum absolute atomic E-state index is 0.579. The number of nitrogens with one attached hydrogen (secondary N) is 1. The van der Waals surface area contributed by atoms with Gasteiger partial charge in [0.25, 0.3) is 0 Å². The number of pyridine rings is 1. The molecule has 4 nitrogen and oxygen atoms in total. The maximum absolute atomic E-state index is 4.76. The molecule has 1 aromatic heterocycles. The van der Waals surface area contributed by atoms with Crippen LogP contribution in [-0.4, -0.2) is 36.0 Å². The normalized spacial score (nSPS) is 11.5. The first-order valence-corrected chi connectivity index (χ1v) is 8.19. The van der Waals surface area contributed by atoms with Crippen LogP contribution in [0.15, 0.2) is 54.2 Å². The maximum Gasteiger partial charge on any atom is 0.194 e. The summed E-state index contributed by atoms with van der Waals surface area (Å²) in [5.41, 5.74) is 1.01. The van der Waals surface area contributed by atoms with Gasteiger partial charge in [0.1, 0.15) is 0 Å². The first kappa shape index (κ1) is 17.0. The summed E-state index contributed by atoms with van der Waals surface area (Å²) >= 11 is 0. The lowest BCUT2D eigenvalue weighted by molar-refractivity contribution is 0.470. The third-order valence-electron chi connectivity index (χ3n) is 3.73. The standard InChI is InChI=1S/C19H26N4/c1-4-6-9-14-23(3)19(20-5-2)22-15-18-17-11-8-7-10-16(17)12-13-21-18/h4,7-8,10-13H,1,5-6,9,14-15H2,2-3H3,(H,20,22). The number of hydrogen-bond donors (Lipinski definition) is 1. The molecule has 1 N–H and O–H groups in total. The van der Waals surface area contributed by atoms with Crippen LogP contribution in [0.25, 0.3) is 10.8 Å². The van der Waals surface area contributed by atoms with E-state index in [0.29, 0.717) is 6.54 Å². The summed E-state index contributed by atoms with van der Waals surface area (Å²) in [5.74, 6) is 0.922. The number of nitrogens with zero attached hydrogens (tertiary/aromatic N) is 3. The molecule has 4 heteroatoms. The van der Waals surface area contributed by atoms with Crippen molar-refractivity contribution in [2.24, 2.45) is 4.99 Å². The zero-order valence-electron chi connectivity index (χ0n) is 14.1. The Morgan fingerprint density at radius 1 is 1.35 bits per heavy atom. The summed E-state index contributed by atoms with van der Waals surface area (Å²) in [4.78, 5) is 11.4. The summed E-state index contributed by atoms with van der Waals surface area (Å²) in [6.07, 6.45) is 5.91. The van der Waals surface area contributed by atoms with Crippen molar-refractivity contribution in [1.82, 2.24) is 15.2 Å². The van der Waals surface area contributed by atoms with Gasteiger partial charge in [0.2, 0.25) is 0 Å². The van der Waals surface area contributed by atoms with E-state index < -0.39 is 0 Å². The lowest BCUT2D eigenvalue weighted by Crippen LogP contribution is -2.39. The second-order valence-corrected chi connectivity index (χ2v) is 5.50. The lowest BCUT2D eigenvalue weighted by atomic mass is 10.1. The van der Waals surface area contributed by atoms with E-state index in [4.69, 9.17) is 4.99 Å². The van der Waals surface area contributed by atoms with Crippen molar-refractivity contribution in [1.29, 1.82) is 0 Å². The van der Waals surface area contributed by atoms with E-state index in [-0.39, 0.29) is 0 Å². The van der Waals surface area contributed by atoms with Crippen molar-refractivity contribution in [2.45, 2.75) is 26.3 Å². The number of guanidine groups is 1. The number of benzene rings is 1. The Hall–Kier alpha value is -2.36. The summed E-state index contributed by atoms with van der Waals surface area (Å²) in [6, 6.07) is 10.3. The predicted octanol–water partition coefficient (Wildman–Crippen LogP) is 3.60. The first-order chi connectivity index (χ1) is 11.3. The highest BCUT2D eigenvalue weighted by molar-refractivity contribution is 5.85. The molecule has 0 spiro atoms. The van der Waals surface area contributed by atoms with Gasteiger partial charge >= 0.3 is 0 Å². The highest BCUT2D eigenvalue weighted by Gasteiger charge is 2.06. The molecule has 0 aliphatic heterocycles. The average Bonchev–Trinajstić information content (AvgIpc) is 2.58. The van der Waals surface area contributed by atoms with Gasteiger partial charge in [-0.3, -0.25) is 4.98 Å². The smallest absolute Gasteiger partial charge is 0.194 e. The van der Waals surface area contributed by atoms with Crippen LogP contribution >= 0.6 is 0 Å². The highest BCUT2D eigenvalue weighted by atomic mass is 15.3. The van der Waals surface area contributed by atoms with Crippen molar-refractivity contribution in [2.75, 3.05) is 20.1 Å². The maximum atomic E-state index is 4.76. The van der Waals surface area contributed by atoms with Gasteiger partial charge in [0.15, 0.2) is 5.96 Å². The Morgan fingerprint density at radius 2 is 2.17 bits per heavy atom. The van der Waals surface area contributed by atoms with Crippen molar-refractivity contribution in [3.8, 4) is 0 Å². The minimum atomic E-state index is 0.579. The number of fused-ring (bicyclic) bond motifs is 1. The van der Waals surface area contributed by atoms with Crippen LogP contribution in [0.5, 0.6) is 0 Å². The summed E-state index contributed by atoms with van der Waals surface area (Å²) in [5, 5.41) is 5.73. The van der Waals surface area contributed by atoms with Crippen molar-refractivity contribution in [3.05, 3.63) is 54.9 Å². The molecular weight excluding hydrogens is 284 g/mol. The molecule has 2 aromatic rings. The van der Waals surface area contributed by atoms with Gasteiger partial charge in [-0.05, 0) is 31.2 Å². The van der Waals surface area contributed by atoms with Crippen LogP contribution in [0.2, 0.25) is 0 Å². The largest absolute Gasteiger partial charge is 0.357 e. The van der Waals surface area contributed by atoms with Crippen molar-refractivity contribution < 1.29 is 0 Å².